The number of methoxy groups -OCH3 is 2. The number of esters is 2. The lowest BCUT2D eigenvalue weighted by molar-refractivity contribution is -0.334. The molecule has 0 radical (unpaired) electrons. The van der Waals surface area contributed by atoms with E-state index in [1.54, 1.807) is 41.5 Å². The zero-order valence-electron chi connectivity index (χ0n) is 53.8. The lowest BCUT2D eigenvalue weighted by Crippen LogP contribution is -2.59. The van der Waals surface area contributed by atoms with E-state index in [1.165, 1.54) is 60.1 Å². The third kappa shape index (κ3) is 16.9. The van der Waals surface area contributed by atoms with Gasteiger partial charge in [-0.25, -0.2) is 0 Å². The van der Waals surface area contributed by atoms with E-state index in [0.717, 1.165) is 0 Å². The molecule has 0 bridgehead atoms. The molecule has 6 aliphatic rings. The quantitative estimate of drug-likeness (QED) is 0.0394. The van der Waals surface area contributed by atoms with Gasteiger partial charge in [0.05, 0.1) is 78.4 Å². The van der Waals surface area contributed by atoms with Gasteiger partial charge in [-0.1, -0.05) is 19.0 Å². The number of rotatable bonds is 24. The van der Waals surface area contributed by atoms with Gasteiger partial charge in [0.2, 0.25) is 6.29 Å². The van der Waals surface area contributed by atoms with Crippen molar-refractivity contribution in [2.75, 3.05) is 34.0 Å². The number of hydrogen-bond donors (Lipinski definition) is 10. The van der Waals surface area contributed by atoms with Gasteiger partial charge in [0.1, 0.15) is 71.3 Å². The standard InChI is InChI=1S/C62H92N2O28/c1-25(2)61(76)92-60-31(8)85-47(23-62(60,10)77)89-40-20-45(81-27(4)53(40)73)88-39-21-46(82-28(5)52(39)72)91-59-36(58(79-12)50(51(71)26(3)66)64-80-24-42(70)63-13-14-65)17-34-15-33-16-35(18-37(68)48(33)54(74)49(34)55(59)75)87-44-22-41(57(30(7)84-44)86-32(9)67)90-43-19-38(69)56(78-11)29(6)83-43/h15-16,18,25-31,36,38-41,43-47,51-53,56-60,65-66,68-69,71-74,77H,13-14,17,19-24H2,1-12H3,(H,63,70)/b64-50+/t26-,27-,28-,29-,30-,31+,36+,38-,39-,40-,41-,43-,44+,45+,46+,47+,51+,52-,53-,56+,57+,58+,59+,60+,62+/m1/s1. The van der Waals surface area contributed by atoms with Gasteiger partial charge in [-0.2, -0.15) is 0 Å². The second-order valence-corrected chi connectivity index (χ2v) is 25.1. The molecular formula is C62H92N2O28. The van der Waals surface area contributed by atoms with Crippen LogP contribution >= 0.6 is 0 Å². The second-order valence-electron chi connectivity index (χ2n) is 25.1. The van der Waals surface area contributed by atoms with Gasteiger partial charge in [-0.05, 0) is 78.0 Å². The Labute approximate surface area is 532 Å². The van der Waals surface area contributed by atoms with Crippen molar-refractivity contribution in [1.82, 2.24) is 5.32 Å². The first-order valence-electron chi connectivity index (χ1n) is 31.2. The molecule has 5 aliphatic heterocycles. The number of aromatic hydroxyl groups is 2. The molecule has 30 heteroatoms. The zero-order chi connectivity index (χ0) is 67.4. The number of ketones is 1. The van der Waals surface area contributed by atoms with Crippen LogP contribution in [0.1, 0.15) is 117 Å². The van der Waals surface area contributed by atoms with Gasteiger partial charge in [-0.15, -0.1) is 0 Å². The number of aliphatic hydroxyl groups is 7. The zero-order valence-corrected chi connectivity index (χ0v) is 53.8. The van der Waals surface area contributed by atoms with Crippen LogP contribution in [0.2, 0.25) is 0 Å². The summed E-state index contributed by atoms with van der Waals surface area (Å²) in [7, 11) is 2.68. The molecule has 25 atom stereocenters. The SMILES string of the molecule is CO[C@@H]1[C@H](O)C[C@@H](O[C@@H]2C[C@H](Oc3cc(O)c4c(O)c5c(cc4c3)C[C@@H]([C@H](OC)/C(=N/OCC(=O)NCCO)[C@@H](O)[C@@H](C)O)[C@H](O[C@H]3C[C@@H](O[C@H]4C[C@@H](O[C@H]6C[C@](C)(O)[C@@H](OC(=O)C(C)C)[C@H](C)O6)[C@H](O)[C@@H](C)O4)[C@H](O)[C@@H](C)O3)C5=O)O[C@H](C)[C@@H]2OC(C)=O)O[C@@H]1C. The molecule has 0 spiro atoms. The summed E-state index contributed by atoms with van der Waals surface area (Å²) in [5.41, 5.74) is -2.10. The van der Waals surface area contributed by atoms with Crippen LogP contribution in [0.4, 0.5) is 0 Å². The number of nitrogens with zero attached hydrogens (tertiary/aromatic N) is 1. The molecule has 2 aromatic rings. The number of aliphatic hydroxyl groups excluding tert-OH is 6. The lowest BCUT2D eigenvalue weighted by Gasteiger charge is -2.47. The molecule has 8 rings (SSSR count). The van der Waals surface area contributed by atoms with E-state index < -0.39 is 206 Å². The molecule has 1 aliphatic carbocycles. The predicted molar refractivity (Wildman–Crippen MR) is 315 cm³/mol. The fraction of sp³-hybridized carbons (Fsp3) is 0.758. The summed E-state index contributed by atoms with van der Waals surface area (Å²) in [5, 5.41) is 107. The predicted octanol–water partition coefficient (Wildman–Crippen LogP) is 0.786. The van der Waals surface area contributed by atoms with Crippen molar-refractivity contribution >= 4 is 40.1 Å². The van der Waals surface area contributed by atoms with Crippen molar-refractivity contribution in [2.24, 2.45) is 17.0 Å². The van der Waals surface area contributed by atoms with Crippen LogP contribution in [0, 0.1) is 11.8 Å². The van der Waals surface area contributed by atoms with Crippen molar-refractivity contribution in [2.45, 2.75) is 255 Å². The second kappa shape index (κ2) is 31.2. The van der Waals surface area contributed by atoms with Crippen molar-refractivity contribution in [3.8, 4) is 17.2 Å². The molecule has 5 fully saturated rings. The Kier molecular flexibility index (Phi) is 24.7. The van der Waals surface area contributed by atoms with Crippen LogP contribution < -0.4 is 10.1 Å². The molecule has 1 amide bonds. The van der Waals surface area contributed by atoms with Crippen molar-refractivity contribution in [1.29, 1.82) is 0 Å². The maximum absolute atomic E-state index is 15.5. The van der Waals surface area contributed by atoms with Gasteiger partial charge in [0.15, 0.2) is 49.8 Å². The number of oxime groups is 1. The van der Waals surface area contributed by atoms with E-state index in [9.17, 15) is 60.3 Å². The van der Waals surface area contributed by atoms with Crippen molar-refractivity contribution in [3.05, 3.63) is 29.3 Å². The first-order chi connectivity index (χ1) is 43.4. The third-order valence-electron chi connectivity index (χ3n) is 17.5. The van der Waals surface area contributed by atoms with Crippen molar-refractivity contribution in [3.63, 3.8) is 0 Å². The summed E-state index contributed by atoms with van der Waals surface area (Å²) in [6.45, 7) is 14.2. The highest BCUT2D eigenvalue weighted by Crippen LogP contribution is 2.46. The number of ether oxygens (including phenoxy) is 14. The summed E-state index contributed by atoms with van der Waals surface area (Å²) in [4.78, 5) is 58.2. The average Bonchev–Trinajstić information content (AvgIpc) is 0.739. The third-order valence-corrected chi connectivity index (χ3v) is 17.5. The highest BCUT2D eigenvalue weighted by atomic mass is 16.7. The average molecular weight is 1310 g/mol. The number of carbonyl (C=O) groups is 4. The molecule has 30 nitrogen and oxygen atoms in total. The Bertz CT molecular complexity index is 2860. The van der Waals surface area contributed by atoms with Crippen LogP contribution in [0.15, 0.2) is 23.4 Å². The van der Waals surface area contributed by atoms with E-state index in [4.69, 9.17) is 71.2 Å². The summed E-state index contributed by atoms with van der Waals surface area (Å²) in [6.07, 6.45) is -26.3. The largest absolute Gasteiger partial charge is 0.507 e. The number of carbonyl (C=O) groups excluding carboxylic acids is 4. The first-order valence-corrected chi connectivity index (χ1v) is 31.2. The van der Waals surface area contributed by atoms with Gasteiger partial charge in [-0.3, -0.25) is 19.2 Å². The Morgan fingerprint density at radius 2 is 1.33 bits per heavy atom. The van der Waals surface area contributed by atoms with E-state index in [-0.39, 0.29) is 79.3 Å². The summed E-state index contributed by atoms with van der Waals surface area (Å²) < 4.78 is 85.3. The Morgan fingerprint density at radius 3 is 1.91 bits per heavy atom. The molecule has 0 aromatic heterocycles. The maximum Gasteiger partial charge on any atom is 0.308 e. The molecule has 0 saturated carbocycles. The molecular weight excluding hydrogens is 1220 g/mol. The number of benzene rings is 2. The van der Waals surface area contributed by atoms with Gasteiger partial charge < -0.3 is 122 Å². The highest BCUT2D eigenvalue weighted by molar-refractivity contribution is 6.11. The van der Waals surface area contributed by atoms with E-state index in [2.05, 4.69) is 10.5 Å². The minimum absolute atomic E-state index is 0.0270. The van der Waals surface area contributed by atoms with Gasteiger partial charge in [0.25, 0.3) is 5.91 Å². The van der Waals surface area contributed by atoms with E-state index >= 15 is 4.79 Å². The fourth-order valence-electron chi connectivity index (χ4n) is 12.9. The minimum Gasteiger partial charge on any atom is -0.507 e. The van der Waals surface area contributed by atoms with Crippen LogP contribution in [-0.2, 0) is 87.2 Å². The Morgan fingerprint density at radius 1 is 0.750 bits per heavy atom. The molecule has 5 heterocycles. The number of fused-ring (bicyclic) bond motifs is 2. The Balaban J connectivity index is 1.07. The normalized spacial score (nSPS) is 37.2. The van der Waals surface area contributed by atoms with Gasteiger partial charge in [0, 0.05) is 71.8 Å². The number of phenols is 2. The Hall–Kier alpha value is -5.07. The molecule has 0 unspecified atom stereocenters. The topological polar surface area (TPSA) is 413 Å². The smallest absolute Gasteiger partial charge is 0.308 e. The molecule has 10 N–H and O–H groups in total. The van der Waals surface area contributed by atoms with E-state index in [1.807, 2.05) is 0 Å². The summed E-state index contributed by atoms with van der Waals surface area (Å²) in [5.74, 6) is -5.60. The molecule has 2 aromatic carbocycles. The highest BCUT2D eigenvalue weighted by Gasteiger charge is 2.53. The summed E-state index contributed by atoms with van der Waals surface area (Å²) >= 11 is 0. The van der Waals surface area contributed by atoms with Gasteiger partial charge >= 0.3 is 11.9 Å². The first kappa shape index (κ1) is 72.8. The maximum atomic E-state index is 15.5. The van der Waals surface area contributed by atoms with E-state index in [0.29, 0.717) is 0 Å². The molecule has 92 heavy (non-hydrogen) atoms. The van der Waals surface area contributed by atoms with Crippen LogP contribution in [0.25, 0.3) is 10.8 Å². The number of Topliss-reactive ketones (excluding diaryl/α,β-unsaturated/α-hetero) is 1. The monoisotopic (exact) mass is 1310 g/mol. The van der Waals surface area contributed by atoms with Crippen LogP contribution in [-0.4, -0.2) is 256 Å². The number of nitrogens with one attached hydrogen (secondary N) is 1. The number of phenolic OH excluding ortho intramolecular Hbond substituents is 2. The lowest BCUT2D eigenvalue weighted by atomic mass is 9.74. The molecule has 518 valence electrons. The van der Waals surface area contributed by atoms with Crippen LogP contribution in [0.3, 0.4) is 0 Å². The van der Waals surface area contributed by atoms with Crippen molar-refractivity contribution < 1.29 is 136 Å². The number of amides is 1. The van der Waals surface area contributed by atoms with Crippen LogP contribution in [0.5, 0.6) is 17.2 Å². The minimum atomic E-state index is -1.86. The fourth-order valence-corrected chi connectivity index (χ4v) is 12.9. The number of hydrogen-bond acceptors (Lipinski definition) is 29. The summed E-state index contributed by atoms with van der Waals surface area (Å²) in [6, 6.07) is 4.20. The molecule has 5 saturated heterocycles.